The molecule has 2 N–H and O–H groups in total. The predicted molar refractivity (Wildman–Crippen MR) is 80.7 cm³/mol. The molecule has 0 bridgehead atoms. The lowest BCUT2D eigenvalue weighted by Crippen LogP contribution is -2.42. The molecule has 1 fully saturated rings. The summed E-state index contributed by atoms with van der Waals surface area (Å²) in [6.07, 6.45) is 2.72. The quantitative estimate of drug-likeness (QED) is 0.391. The number of aliphatic imine (C=N–C) groups is 1. The average Bonchev–Trinajstić information content (AvgIpc) is 2.91. The van der Waals surface area contributed by atoms with E-state index in [0.717, 1.165) is 32.3 Å². The third-order valence-electron chi connectivity index (χ3n) is 3.35. The minimum Gasteiger partial charge on any atom is -0.380 e. The Labute approximate surface area is 117 Å². The van der Waals surface area contributed by atoms with Gasteiger partial charge in [0, 0.05) is 33.3 Å². The lowest BCUT2D eigenvalue weighted by molar-refractivity contribution is 0.152. The molecule has 1 unspecified atom stereocenters. The third kappa shape index (κ3) is 7.38. The number of rotatable bonds is 8. The third-order valence-corrected chi connectivity index (χ3v) is 3.35. The highest BCUT2D eigenvalue weighted by molar-refractivity contribution is 5.79. The molecule has 1 aliphatic rings. The number of guanidine groups is 1. The van der Waals surface area contributed by atoms with E-state index in [1.54, 1.807) is 7.05 Å². The molecule has 0 aromatic rings. The van der Waals surface area contributed by atoms with Crippen LogP contribution >= 0.6 is 0 Å². The van der Waals surface area contributed by atoms with Crippen LogP contribution in [0.1, 0.15) is 26.7 Å². The smallest absolute Gasteiger partial charge is 0.191 e. The monoisotopic (exact) mass is 270 g/mol. The molecular formula is C14H30N4O. The van der Waals surface area contributed by atoms with Gasteiger partial charge in [0.1, 0.15) is 0 Å². The first kappa shape index (κ1) is 16.2. The predicted octanol–water partition coefficient (Wildman–Crippen LogP) is 0.920. The van der Waals surface area contributed by atoms with E-state index in [1.807, 2.05) is 6.92 Å². The molecule has 0 spiro atoms. The van der Waals surface area contributed by atoms with Gasteiger partial charge in [-0.2, -0.15) is 0 Å². The number of likely N-dealkylation sites (tertiary alicyclic amines) is 1. The van der Waals surface area contributed by atoms with Crippen molar-refractivity contribution in [3.05, 3.63) is 0 Å². The summed E-state index contributed by atoms with van der Waals surface area (Å²) < 4.78 is 5.29. The average molecular weight is 270 g/mol. The first-order valence-electron chi connectivity index (χ1n) is 7.50. The standard InChI is InChI=1S/C14H30N4O/c1-4-19-10-7-16-14(15-3)17-11-13(2)12-18-8-5-6-9-18/h13H,4-12H2,1-3H3,(H2,15,16,17). The zero-order chi connectivity index (χ0) is 13.9. The molecule has 0 amide bonds. The summed E-state index contributed by atoms with van der Waals surface area (Å²) in [5.41, 5.74) is 0. The van der Waals surface area contributed by atoms with Crippen LogP contribution in [0.25, 0.3) is 0 Å². The number of nitrogens with zero attached hydrogens (tertiary/aromatic N) is 2. The normalized spacial score (nSPS) is 18.6. The fourth-order valence-electron chi connectivity index (χ4n) is 2.35. The van der Waals surface area contributed by atoms with Crippen molar-refractivity contribution in [2.75, 3.05) is 53.0 Å². The van der Waals surface area contributed by atoms with Crippen molar-refractivity contribution in [1.29, 1.82) is 0 Å². The Hall–Kier alpha value is -0.810. The zero-order valence-corrected chi connectivity index (χ0v) is 12.7. The Bertz CT molecular complexity index is 252. The van der Waals surface area contributed by atoms with Crippen molar-refractivity contribution in [1.82, 2.24) is 15.5 Å². The van der Waals surface area contributed by atoms with Gasteiger partial charge >= 0.3 is 0 Å². The molecule has 19 heavy (non-hydrogen) atoms. The lowest BCUT2D eigenvalue weighted by atomic mass is 10.1. The van der Waals surface area contributed by atoms with Gasteiger partial charge in [-0.1, -0.05) is 6.92 Å². The number of hydrogen-bond donors (Lipinski definition) is 2. The Morgan fingerprint density at radius 2 is 2.05 bits per heavy atom. The topological polar surface area (TPSA) is 48.9 Å². The highest BCUT2D eigenvalue weighted by atomic mass is 16.5. The highest BCUT2D eigenvalue weighted by Crippen LogP contribution is 2.09. The lowest BCUT2D eigenvalue weighted by Gasteiger charge is -2.21. The fraction of sp³-hybridized carbons (Fsp3) is 0.929. The first-order valence-corrected chi connectivity index (χ1v) is 7.50. The molecule has 5 nitrogen and oxygen atoms in total. The van der Waals surface area contributed by atoms with E-state index < -0.39 is 0 Å². The van der Waals surface area contributed by atoms with Crippen LogP contribution in [-0.2, 0) is 4.74 Å². The summed E-state index contributed by atoms with van der Waals surface area (Å²) in [6, 6.07) is 0. The summed E-state index contributed by atoms with van der Waals surface area (Å²) in [5, 5.41) is 6.63. The van der Waals surface area contributed by atoms with Gasteiger partial charge < -0.3 is 20.3 Å². The van der Waals surface area contributed by atoms with Gasteiger partial charge in [-0.25, -0.2) is 0 Å². The maximum atomic E-state index is 5.29. The molecule has 1 atom stereocenters. The van der Waals surface area contributed by atoms with Gasteiger partial charge in [-0.05, 0) is 38.8 Å². The second kappa shape index (κ2) is 10.0. The minimum absolute atomic E-state index is 0.642. The maximum absolute atomic E-state index is 5.29. The Morgan fingerprint density at radius 3 is 2.68 bits per heavy atom. The molecule has 0 aromatic heterocycles. The van der Waals surface area contributed by atoms with Crippen molar-refractivity contribution in [3.63, 3.8) is 0 Å². The van der Waals surface area contributed by atoms with Gasteiger partial charge in [-0.15, -0.1) is 0 Å². The molecule has 5 heteroatoms. The Morgan fingerprint density at radius 1 is 1.32 bits per heavy atom. The van der Waals surface area contributed by atoms with Crippen molar-refractivity contribution in [2.24, 2.45) is 10.9 Å². The van der Waals surface area contributed by atoms with Gasteiger partial charge in [0.25, 0.3) is 0 Å². The largest absolute Gasteiger partial charge is 0.380 e. The van der Waals surface area contributed by atoms with E-state index in [-0.39, 0.29) is 0 Å². The van der Waals surface area contributed by atoms with Crippen molar-refractivity contribution < 1.29 is 4.74 Å². The van der Waals surface area contributed by atoms with E-state index in [9.17, 15) is 0 Å². The van der Waals surface area contributed by atoms with E-state index >= 15 is 0 Å². The molecular weight excluding hydrogens is 240 g/mol. The molecule has 1 saturated heterocycles. The molecule has 112 valence electrons. The van der Waals surface area contributed by atoms with Gasteiger partial charge in [-0.3, -0.25) is 4.99 Å². The number of hydrogen-bond acceptors (Lipinski definition) is 3. The fourth-order valence-corrected chi connectivity index (χ4v) is 2.35. The number of ether oxygens (including phenoxy) is 1. The van der Waals surface area contributed by atoms with E-state index in [0.29, 0.717) is 5.92 Å². The maximum Gasteiger partial charge on any atom is 0.191 e. The van der Waals surface area contributed by atoms with Crippen LogP contribution in [0, 0.1) is 5.92 Å². The SMILES string of the molecule is CCOCCNC(=NC)NCC(C)CN1CCCC1. The zero-order valence-electron chi connectivity index (χ0n) is 12.7. The van der Waals surface area contributed by atoms with Crippen LogP contribution in [0.2, 0.25) is 0 Å². The van der Waals surface area contributed by atoms with E-state index in [1.165, 1.54) is 32.5 Å². The molecule has 1 heterocycles. The molecule has 0 aliphatic carbocycles. The van der Waals surface area contributed by atoms with Gasteiger partial charge in [0.2, 0.25) is 0 Å². The highest BCUT2D eigenvalue weighted by Gasteiger charge is 2.14. The van der Waals surface area contributed by atoms with Crippen molar-refractivity contribution >= 4 is 5.96 Å². The summed E-state index contributed by atoms with van der Waals surface area (Å²) in [4.78, 5) is 6.77. The second-order valence-corrected chi connectivity index (χ2v) is 5.19. The first-order chi connectivity index (χ1) is 9.26. The second-order valence-electron chi connectivity index (χ2n) is 5.19. The Balaban J connectivity index is 2.10. The van der Waals surface area contributed by atoms with Crippen LogP contribution < -0.4 is 10.6 Å². The van der Waals surface area contributed by atoms with E-state index in [4.69, 9.17) is 4.74 Å². The van der Waals surface area contributed by atoms with Crippen LogP contribution in [-0.4, -0.2) is 63.8 Å². The number of nitrogens with one attached hydrogen (secondary N) is 2. The van der Waals surface area contributed by atoms with Crippen LogP contribution in [0.5, 0.6) is 0 Å². The molecule has 0 radical (unpaired) electrons. The van der Waals surface area contributed by atoms with Gasteiger partial charge in [0.05, 0.1) is 6.61 Å². The van der Waals surface area contributed by atoms with E-state index in [2.05, 4.69) is 27.4 Å². The summed E-state index contributed by atoms with van der Waals surface area (Å²) >= 11 is 0. The molecule has 0 saturated carbocycles. The van der Waals surface area contributed by atoms with Crippen molar-refractivity contribution in [3.8, 4) is 0 Å². The molecule has 1 rings (SSSR count). The Kier molecular flexibility index (Phi) is 8.58. The van der Waals surface area contributed by atoms with Crippen molar-refractivity contribution in [2.45, 2.75) is 26.7 Å². The van der Waals surface area contributed by atoms with Gasteiger partial charge in [0.15, 0.2) is 5.96 Å². The molecule has 0 aromatic carbocycles. The molecule has 1 aliphatic heterocycles. The summed E-state index contributed by atoms with van der Waals surface area (Å²) in [7, 11) is 1.81. The summed E-state index contributed by atoms with van der Waals surface area (Å²) in [6.45, 7) is 11.3. The van der Waals surface area contributed by atoms with Crippen LogP contribution in [0.15, 0.2) is 4.99 Å². The van der Waals surface area contributed by atoms with Crippen LogP contribution in [0.4, 0.5) is 0 Å². The minimum atomic E-state index is 0.642. The van der Waals surface area contributed by atoms with Crippen LogP contribution in [0.3, 0.4) is 0 Å². The summed E-state index contributed by atoms with van der Waals surface area (Å²) in [5.74, 6) is 1.51.